The van der Waals surface area contributed by atoms with Crippen LogP contribution in [0.4, 0.5) is 0 Å². The third-order valence-electron chi connectivity index (χ3n) is 4.06. The van der Waals surface area contributed by atoms with E-state index in [1.54, 1.807) is 0 Å². The molecule has 0 saturated heterocycles. The smallest absolute Gasteiger partial charge is 0.0613 e. The molecule has 2 N–H and O–H groups in total. The zero-order valence-corrected chi connectivity index (χ0v) is 9.26. The van der Waals surface area contributed by atoms with E-state index in [1.165, 1.54) is 38.5 Å². The maximum atomic E-state index is 9.17. The number of rotatable bonds is 4. The Kier molecular flexibility index (Phi) is 3.13. The van der Waals surface area contributed by atoms with E-state index in [2.05, 4.69) is 12.2 Å². The molecule has 82 valence electrons. The van der Waals surface area contributed by atoms with E-state index in [1.807, 2.05) is 0 Å². The van der Waals surface area contributed by atoms with Gasteiger partial charge in [-0.3, -0.25) is 0 Å². The molecule has 2 saturated carbocycles. The Bertz CT molecular complexity index is 181. The molecule has 0 spiro atoms. The fourth-order valence-corrected chi connectivity index (χ4v) is 2.44. The first-order valence-electron chi connectivity index (χ1n) is 6.10. The molecular formula is C12H23NO. The van der Waals surface area contributed by atoms with Gasteiger partial charge in [0.05, 0.1) is 6.61 Å². The quantitative estimate of drug-likeness (QED) is 0.722. The van der Waals surface area contributed by atoms with Crippen LogP contribution < -0.4 is 5.32 Å². The summed E-state index contributed by atoms with van der Waals surface area (Å²) in [5.74, 6) is 1.81. The van der Waals surface area contributed by atoms with Gasteiger partial charge in [0.1, 0.15) is 0 Å². The van der Waals surface area contributed by atoms with Crippen molar-refractivity contribution in [1.82, 2.24) is 5.32 Å². The molecule has 0 aromatic carbocycles. The van der Waals surface area contributed by atoms with Crippen LogP contribution in [0.3, 0.4) is 0 Å². The van der Waals surface area contributed by atoms with Gasteiger partial charge in [-0.2, -0.15) is 0 Å². The van der Waals surface area contributed by atoms with Crippen LogP contribution >= 0.6 is 0 Å². The lowest BCUT2D eigenvalue weighted by Gasteiger charge is -2.28. The molecule has 0 aromatic rings. The lowest BCUT2D eigenvalue weighted by molar-refractivity contribution is 0.211. The standard InChI is InChI=1S/C12H23NO/c1-10-2-4-11(5-3-10)8-13-12(9-14)6-7-12/h10-11,13-14H,2-9H2,1H3. The Morgan fingerprint density at radius 3 is 2.36 bits per heavy atom. The third-order valence-corrected chi connectivity index (χ3v) is 4.06. The fourth-order valence-electron chi connectivity index (χ4n) is 2.44. The number of aliphatic hydroxyl groups is 1. The second-order valence-electron chi connectivity index (χ2n) is 5.45. The van der Waals surface area contributed by atoms with Gasteiger partial charge in [-0.1, -0.05) is 19.8 Å². The van der Waals surface area contributed by atoms with E-state index in [9.17, 15) is 0 Å². The maximum Gasteiger partial charge on any atom is 0.0613 e. The first-order chi connectivity index (χ1) is 6.74. The van der Waals surface area contributed by atoms with Crippen molar-refractivity contribution in [2.75, 3.05) is 13.2 Å². The van der Waals surface area contributed by atoms with Crippen molar-refractivity contribution in [2.24, 2.45) is 11.8 Å². The second kappa shape index (κ2) is 4.19. The van der Waals surface area contributed by atoms with Gasteiger partial charge in [-0.25, -0.2) is 0 Å². The highest BCUT2D eigenvalue weighted by atomic mass is 16.3. The molecule has 14 heavy (non-hydrogen) atoms. The van der Waals surface area contributed by atoms with Crippen LogP contribution in [0.25, 0.3) is 0 Å². The molecule has 0 atom stereocenters. The predicted molar refractivity (Wildman–Crippen MR) is 58.2 cm³/mol. The van der Waals surface area contributed by atoms with Gasteiger partial charge in [0.2, 0.25) is 0 Å². The van der Waals surface area contributed by atoms with E-state index in [4.69, 9.17) is 5.11 Å². The SMILES string of the molecule is CC1CCC(CNC2(CO)CC2)CC1. The summed E-state index contributed by atoms with van der Waals surface area (Å²) in [5.41, 5.74) is 0.142. The van der Waals surface area contributed by atoms with Crippen LogP contribution in [0.1, 0.15) is 45.4 Å². The monoisotopic (exact) mass is 197 g/mol. The molecule has 2 aliphatic rings. The van der Waals surface area contributed by atoms with Crippen LogP contribution in [0.5, 0.6) is 0 Å². The van der Waals surface area contributed by atoms with Crippen LogP contribution in [-0.4, -0.2) is 23.8 Å². The van der Waals surface area contributed by atoms with Crippen LogP contribution in [0, 0.1) is 11.8 Å². The van der Waals surface area contributed by atoms with Gasteiger partial charge in [-0.15, -0.1) is 0 Å². The number of nitrogens with one attached hydrogen (secondary N) is 1. The zero-order chi connectivity index (χ0) is 10.0. The predicted octanol–water partition coefficient (Wildman–Crippen LogP) is 1.93. The normalized spacial score (nSPS) is 35.6. The van der Waals surface area contributed by atoms with Crippen molar-refractivity contribution in [3.05, 3.63) is 0 Å². The van der Waals surface area contributed by atoms with Gasteiger partial charge in [0, 0.05) is 5.54 Å². The summed E-state index contributed by atoms with van der Waals surface area (Å²) < 4.78 is 0. The third kappa shape index (κ3) is 2.48. The van der Waals surface area contributed by atoms with Gasteiger partial charge in [0.15, 0.2) is 0 Å². The first-order valence-corrected chi connectivity index (χ1v) is 6.10. The van der Waals surface area contributed by atoms with Crippen molar-refractivity contribution in [3.8, 4) is 0 Å². The Morgan fingerprint density at radius 1 is 1.21 bits per heavy atom. The highest BCUT2D eigenvalue weighted by Gasteiger charge is 2.41. The molecule has 0 radical (unpaired) electrons. The molecule has 2 aliphatic carbocycles. The second-order valence-corrected chi connectivity index (χ2v) is 5.45. The minimum absolute atomic E-state index is 0.142. The topological polar surface area (TPSA) is 32.3 Å². The highest BCUT2D eigenvalue weighted by molar-refractivity contribution is 5.01. The molecule has 2 fully saturated rings. The fraction of sp³-hybridized carbons (Fsp3) is 1.00. The highest BCUT2D eigenvalue weighted by Crippen LogP contribution is 2.35. The number of hydrogen-bond donors (Lipinski definition) is 2. The molecule has 0 unspecified atom stereocenters. The molecule has 0 bridgehead atoms. The minimum atomic E-state index is 0.142. The van der Waals surface area contributed by atoms with Crippen LogP contribution in [0.2, 0.25) is 0 Å². The zero-order valence-electron chi connectivity index (χ0n) is 9.26. The van der Waals surface area contributed by atoms with E-state index in [0.717, 1.165) is 18.4 Å². The van der Waals surface area contributed by atoms with Gasteiger partial charge < -0.3 is 10.4 Å². The summed E-state index contributed by atoms with van der Waals surface area (Å²) in [5, 5.41) is 12.7. The van der Waals surface area contributed by atoms with Gasteiger partial charge in [0.25, 0.3) is 0 Å². The molecule has 0 amide bonds. The van der Waals surface area contributed by atoms with Crippen LogP contribution in [0.15, 0.2) is 0 Å². The average molecular weight is 197 g/mol. The van der Waals surface area contributed by atoms with E-state index < -0.39 is 0 Å². The van der Waals surface area contributed by atoms with Gasteiger partial charge >= 0.3 is 0 Å². The molecule has 0 aromatic heterocycles. The maximum absolute atomic E-state index is 9.17. The summed E-state index contributed by atoms with van der Waals surface area (Å²) in [6.07, 6.45) is 7.92. The van der Waals surface area contributed by atoms with E-state index in [-0.39, 0.29) is 5.54 Å². The van der Waals surface area contributed by atoms with E-state index >= 15 is 0 Å². The summed E-state index contributed by atoms with van der Waals surface area (Å²) in [6, 6.07) is 0. The van der Waals surface area contributed by atoms with Crippen molar-refractivity contribution < 1.29 is 5.11 Å². The Morgan fingerprint density at radius 2 is 1.86 bits per heavy atom. The van der Waals surface area contributed by atoms with Crippen LogP contribution in [-0.2, 0) is 0 Å². The summed E-state index contributed by atoms with van der Waals surface area (Å²) >= 11 is 0. The number of aliphatic hydroxyl groups excluding tert-OH is 1. The summed E-state index contributed by atoms with van der Waals surface area (Å²) in [7, 11) is 0. The molecule has 0 aliphatic heterocycles. The molecule has 2 heteroatoms. The lowest BCUT2D eigenvalue weighted by Crippen LogP contribution is -2.38. The largest absolute Gasteiger partial charge is 0.394 e. The van der Waals surface area contributed by atoms with Gasteiger partial charge in [-0.05, 0) is 44.1 Å². The van der Waals surface area contributed by atoms with Crippen molar-refractivity contribution in [3.63, 3.8) is 0 Å². The van der Waals surface area contributed by atoms with Crippen molar-refractivity contribution in [2.45, 2.75) is 51.0 Å². The Balaban J connectivity index is 1.66. The summed E-state index contributed by atoms with van der Waals surface area (Å²) in [6.45, 7) is 3.82. The van der Waals surface area contributed by atoms with E-state index in [0.29, 0.717) is 6.61 Å². The Hall–Kier alpha value is -0.0800. The molecule has 2 nitrogen and oxygen atoms in total. The van der Waals surface area contributed by atoms with Crippen molar-refractivity contribution in [1.29, 1.82) is 0 Å². The lowest BCUT2D eigenvalue weighted by atomic mass is 9.83. The molecule has 0 heterocycles. The molecular weight excluding hydrogens is 174 g/mol. The Labute approximate surface area is 87.1 Å². The number of hydrogen-bond acceptors (Lipinski definition) is 2. The molecule has 2 rings (SSSR count). The van der Waals surface area contributed by atoms with Crippen molar-refractivity contribution >= 4 is 0 Å². The minimum Gasteiger partial charge on any atom is -0.394 e. The summed E-state index contributed by atoms with van der Waals surface area (Å²) in [4.78, 5) is 0. The average Bonchev–Trinajstić information content (AvgIpc) is 2.98. The first kappa shape index (κ1) is 10.4.